The van der Waals surface area contributed by atoms with Crippen molar-refractivity contribution in [2.24, 2.45) is 0 Å². The van der Waals surface area contributed by atoms with E-state index >= 15 is 0 Å². The highest BCUT2D eigenvalue weighted by Crippen LogP contribution is 2.31. The highest BCUT2D eigenvalue weighted by atomic mass is 32.1. The molecule has 2 heterocycles. The number of hydrogen-bond acceptors (Lipinski definition) is 4. The zero-order valence-electron chi connectivity index (χ0n) is 9.32. The third-order valence-corrected chi connectivity index (χ3v) is 3.31. The number of allylic oxidation sites excluding steroid dienone is 1. The van der Waals surface area contributed by atoms with Gasteiger partial charge in [-0.1, -0.05) is 17.9 Å². The number of pyridine rings is 1. The van der Waals surface area contributed by atoms with E-state index in [9.17, 15) is 0 Å². The zero-order valence-corrected chi connectivity index (χ0v) is 10.1. The molecule has 0 saturated carbocycles. The van der Waals surface area contributed by atoms with Crippen LogP contribution in [0.4, 0.5) is 5.13 Å². The van der Waals surface area contributed by atoms with Gasteiger partial charge in [-0.2, -0.15) is 0 Å². The Balaban J connectivity index is 2.52. The molecular weight excluding hydrogens is 218 g/mol. The van der Waals surface area contributed by atoms with Crippen LogP contribution in [-0.4, -0.2) is 9.97 Å². The molecule has 0 aliphatic heterocycles. The van der Waals surface area contributed by atoms with Crippen LogP contribution >= 0.6 is 11.3 Å². The van der Waals surface area contributed by atoms with Gasteiger partial charge in [-0.3, -0.25) is 4.98 Å². The molecule has 0 saturated heterocycles. The van der Waals surface area contributed by atoms with Gasteiger partial charge in [0.1, 0.15) is 0 Å². The first-order valence-electron chi connectivity index (χ1n) is 4.93. The molecule has 0 spiro atoms. The van der Waals surface area contributed by atoms with Crippen LogP contribution in [-0.2, 0) is 0 Å². The number of aryl methyl sites for hydroxylation is 1. The molecule has 82 valence electrons. The summed E-state index contributed by atoms with van der Waals surface area (Å²) in [4.78, 5) is 9.57. The lowest BCUT2D eigenvalue weighted by atomic mass is 10.1. The van der Waals surface area contributed by atoms with Crippen molar-refractivity contribution in [2.45, 2.75) is 13.8 Å². The van der Waals surface area contributed by atoms with Crippen LogP contribution in [0.15, 0.2) is 24.9 Å². The fraction of sp³-hybridized carbons (Fsp3) is 0.167. The second-order valence-corrected chi connectivity index (χ2v) is 4.71. The molecule has 2 N–H and O–H groups in total. The highest BCUT2D eigenvalue weighted by Gasteiger charge is 2.08. The summed E-state index contributed by atoms with van der Waals surface area (Å²) < 4.78 is 0. The van der Waals surface area contributed by atoms with Gasteiger partial charge in [-0.25, -0.2) is 4.98 Å². The molecule has 0 bridgehead atoms. The zero-order chi connectivity index (χ0) is 11.7. The van der Waals surface area contributed by atoms with Crippen LogP contribution in [0.1, 0.15) is 18.3 Å². The molecule has 2 aromatic heterocycles. The number of anilines is 1. The van der Waals surface area contributed by atoms with Crippen LogP contribution in [0.25, 0.3) is 16.0 Å². The van der Waals surface area contributed by atoms with Crippen molar-refractivity contribution in [3.8, 4) is 10.4 Å². The Bertz CT molecular complexity index is 543. The molecule has 0 amide bonds. The molecule has 4 heteroatoms. The number of nitrogens with zero attached hydrogens (tertiary/aromatic N) is 2. The molecule has 3 nitrogen and oxygen atoms in total. The third-order valence-electron chi connectivity index (χ3n) is 2.27. The fourth-order valence-electron chi connectivity index (χ4n) is 1.49. The number of nitrogen functional groups attached to an aromatic ring is 1. The van der Waals surface area contributed by atoms with Crippen molar-refractivity contribution in [3.63, 3.8) is 0 Å². The summed E-state index contributed by atoms with van der Waals surface area (Å²) in [6.45, 7) is 7.79. The van der Waals surface area contributed by atoms with Crippen molar-refractivity contribution in [3.05, 3.63) is 36.3 Å². The number of thiazole rings is 1. The number of nitrogens with two attached hydrogens (primary N) is 1. The maximum absolute atomic E-state index is 5.69. The highest BCUT2D eigenvalue weighted by molar-refractivity contribution is 7.18. The molecule has 0 aromatic carbocycles. The Morgan fingerprint density at radius 3 is 2.81 bits per heavy atom. The lowest BCUT2D eigenvalue weighted by Crippen LogP contribution is -1.86. The van der Waals surface area contributed by atoms with E-state index in [-0.39, 0.29) is 0 Å². The molecular formula is C12H13N3S. The molecule has 0 aliphatic carbocycles. The quantitative estimate of drug-likeness (QED) is 0.863. The van der Waals surface area contributed by atoms with Crippen molar-refractivity contribution in [2.75, 3.05) is 5.73 Å². The predicted octanol–water partition coefficient (Wildman–Crippen LogP) is 3.13. The van der Waals surface area contributed by atoms with E-state index in [0.717, 1.165) is 27.4 Å². The summed E-state index contributed by atoms with van der Waals surface area (Å²) >= 11 is 1.50. The van der Waals surface area contributed by atoms with E-state index in [1.165, 1.54) is 11.3 Å². The van der Waals surface area contributed by atoms with Crippen molar-refractivity contribution >= 4 is 22.0 Å². The van der Waals surface area contributed by atoms with Gasteiger partial charge >= 0.3 is 0 Å². The SMILES string of the molecule is C=C(C)c1cc(-c2sc(N)nc2C)ccn1. The summed E-state index contributed by atoms with van der Waals surface area (Å²) in [6.07, 6.45) is 1.79. The minimum atomic E-state index is 0.598. The van der Waals surface area contributed by atoms with Gasteiger partial charge in [0.25, 0.3) is 0 Å². The molecule has 2 rings (SSSR count). The molecule has 0 fully saturated rings. The van der Waals surface area contributed by atoms with Crippen LogP contribution in [0.2, 0.25) is 0 Å². The van der Waals surface area contributed by atoms with Crippen molar-refractivity contribution in [1.82, 2.24) is 9.97 Å². The molecule has 16 heavy (non-hydrogen) atoms. The first-order valence-corrected chi connectivity index (χ1v) is 5.75. The average Bonchev–Trinajstić information content (AvgIpc) is 2.58. The molecule has 0 aliphatic rings. The number of aromatic nitrogens is 2. The second-order valence-electron chi connectivity index (χ2n) is 3.68. The first-order chi connectivity index (χ1) is 7.58. The van der Waals surface area contributed by atoms with E-state index in [1.807, 2.05) is 26.0 Å². The lowest BCUT2D eigenvalue weighted by molar-refractivity contribution is 1.25. The standard InChI is InChI=1S/C12H13N3S/c1-7(2)10-6-9(4-5-14-10)11-8(3)15-12(13)16-11/h4-6H,1H2,2-3H3,(H2,13,15). The van der Waals surface area contributed by atoms with Crippen molar-refractivity contribution in [1.29, 1.82) is 0 Å². The molecule has 0 unspecified atom stereocenters. The summed E-state index contributed by atoms with van der Waals surface area (Å²) in [7, 11) is 0. The van der Waals surface area contributed by atoms with Gasteiger partial charge in [0.2, 0.25) is 0 Å². The first kappa shape index (κ1) is 10.8. The summed E-state index contributed by atoms with van der Waals surface area (Å²) in [5.74, 6) is 0. The van der Waals surface area contributed by atoms with E-state index in [1.54, 1.807) is 6.20 Å². The van der Waals surface area contributed by atoms with Gasteiger partial charge in [-0.05, 0) is 37.1 Å². The molecule has 0 atom stereocenters. The normalized spacial score (nSPS) is 10.4. The fourth-order valence-corrected chi connectivity index (χ4v) is 2.32. The van der Waals surface area contributed by atoms with E-state index in [0.29, 0.717) is 5.13 Å². The van der Waals surface area contributed by atoms with E-state index in [2.05, 4.69) is 16.5 Å². The maximum atomic E-state index is 5.69. The van der Waals surface area contributed by atoms with Gasteiger partial charge in [-0.15, -0.1) is 0 Å². The minimum absolute atomic E-state index is 0.598. The van der Waals surface area contributed by atoms with Crippen LogP contribution < -0.4 is 5.73 Å². The third kappa shape index (κ3) is 1.97. The lowest BCUT2D eigenvalue weighted by Gasteiger charge is -2.02. The maximum Gasteiger partial charge on any atom is 0.180 e. The van der Waals surface area contributed by atoms with Gasteiger partial charge in [0, 0.05) is 6.20 Å². The van der Waals surface area contributed by atoms with Crippen molar-refractivity contribution < 1.29 is 0 Å². The second kappa shape index (κ2) is 4.06. The van der Waals surface area contributed by atoms with Crippen LogP contribution in [0.5, 0.6) is 0 Å². The number of hydrogen-bond donors (Lipinski definition) is 1. The monoisotopic (exact) mass is 231 g/mol. The average molecular weight is 231 g/mol. The topological polar surface area (TPSA) is 51.8 Å². The summed E-state index contributed by atoms with van der Waals surface area (Å²) in [6, 6.07) is 3.98. The summed E-state index contributed by atoms with van der Waals surface area (Å²) in [5, 5.41) is 0.598. The van der Waals surface area contributed by atoms with Crippen LogP contribution in [0, 0.1) is 6.92 Å². The minimum Gasteiger partial charge on any atom is -0.375 e. The van der Waals surface area contributed by atoms with Crippen LogP contribution in [0.3, 0.4) is 0 Å². The van der Waals surface area contributed by atoms with E-state index in [4.69, 9.17) is 5.73 Å². The Hall–Kier alpha value is -1.68. The van der Waals surface area contributed by atoms with E-state index < -0.39 is 0 Å². The van der Waals surface area contributed by atoms with Gasteiger partial charge in [0.15, 0.2) is 5.13 Å². The predicted molar refractivity (Wildman–Crippen MR) is 69.2 cm³/mol. The van der Waals surface area contributed by atoms with Gasteiger partial charge < -0.3 is 5.73 Å². The Kier molecular flexibility index (Phi) is 2.75. The summed E-state index contributed by atoms with van der Waals surface area (Å²) in [5.41, 5.74) is 9.61. The Morgan fingerprint density at radius 2 is 2.25 bits per heavy atom. The molecule has 2 aromatic rings. The largest absolute Gasteiger partial charge is 0.375 e. The Morgan fingerprint density at radius 1 is 1.50 bits per heavy atom. The number of rotatable bonds is 2. The smallest absolute Gasteiger partial charge is 0.180 e. The molecule has 0 radical (unpaired) electrons. The Labute approximate surface area is 98.7 Å². The van der Waals surface area contributed by atoms with Gasteiger partial charge in [0.05, 0.1) is 16.3 Å².